The number of hydrogen-bond donors (Lipinski definition) is 1. The van der Waals surface area contributed by atoms with E-state index in [1.54, 1.807) is 4.90 Å². The van der Waals surface area contributed by atoms with Gasteiger partial charge in [0.1, 0.15) is 4.99 Å². The zero-order chi connectivity index (χ0) is 16.4. The summed E-state index contributed by atoms with van der Waals surface area (Å²) in [5.41, 5.74) is 9.95. The molecule has 0 heterocycles. The molecule has 0 radical (unpaired) electrons. The molecule has 0 unspecified atom stereocenters. The van der Waals surface area contributed by atoms with Gasteiger partial charge in [-0.25, -0.2) is 0 Å². The summed E-state index contributed by atoms with van der Waals surface area (Å²) in [7, 11) is 0. The van der Waals surface area contributed by atoms with E-state index < -0.39 is 0 Å². The summed E-state index contributed by atoms with van der Waals surface area (Å²) < 4.78 is 1.84. The Kier molecular flexibility index (Phi) is 5.71. The predicted molar refractivity (Wildman–Crippen MR) is 109 cm³/mol. The molecule has 114 valence electrons. The highest BCUT2D eigenvalue weighted by Gasteiger charge is 2.20. The first-order valence-electron chi connectivity index (χ1n) is 6.47. The number of anilines is 1. The Morgan fingerprint density at radius 2 is 1.73 bits per heavy atom. The van der Waals surface area contributed by atoms with Crippen LogP contribution >= 0.6 is 56.3 Å². The fraction of sp³-hybridized carbons (Fsp3) is 0.125. The van der Waals surface area contributed by atoms with Crippen LogP contribution in [0.3, 0.4) is 0 Å². The Bertz CT molecular complexity index is 760. The normalized spacial score (nSPS) is 10.4. The lowest BCUT2D eigenvalue weighted by atomic mass is 10.1. The van der Waals surface area contributed by atoms with Gasteiger partial charge in [0.15, 0.2) is 5.11 Å². The molecule has 0 atom stereocenters. The molecular formula is C16H14Br2N2S2. The quantitative estimate of drug-likeness (QED) is 0.623. The third-order valence-electron chi connectivity index (χ3n) is 3.18. The number of hydrogen-bond acceptors (Lipinski definition) is 2. The monoisotopic (exact) mass is 456 g/mol. The smallest absolute Gasteiger partial charge is 0.176 e. The predicted octanol–water partition coefficient (Wildman–Crippen LogP) is 5.25. The molecule has 0 aliphatic carbocycles. The Morgan fingerprint density at radius 1 is 1.05 bits per heavy atom. The number of benzene rings is 2. The lowest BCUT2D eigenvalue weighted by Gasteiger charge is -2.26. The van der Waals surface area contributed by atoms with Crippen LogP contribution in [0.1, 0.15) is 16.7 Å². The number of thiocarbonyl (C=S) groups is 2. The summed E-state index contributed by atoms with van der Waals surface area (Å²) in [5.74, 6) is 0. The SMILES string of the molecule is Cc1ccc(N(C(N)=S)C(=S)c2cc(Br)ccc2Br)c(C)c1. The maximum Gasteiger partial charge on any atom is 0.176 e. The van der Waals surface area contributed by atoms with Crippen LogP contribution in [-0.2, 0) is 0 Å². The van der Waals surface area contributed by atoms with Gasteiger partial charge >= 0.3 is 0 Å². The van der Waals surface area contributed by atoms with E-state index in [0.717, 1.165) is 25.8 Å². The zero-order valence-corrected chi connectivity index (χ0v) is 16.9. The molecule has 0 amide bonds. The van der Waals surface area contributed by atoms with Crippen molar-refractivity contribution >= 4 is 72.1 Å². The van der Waals surface area contributed by atoms with Gasteiger partial charge in [0.2, 0.25) is 0 Å². The molecule has 0 saturated heterocycles. The fourth-order valence-electron chi connectivity index (χ4n) is 2.17. The Labute approximate surface area is 158 Å². The Hall–Kier alpha value is -0.820. The maximum absolute atomic E-state index is 5.94. The molecule has 2 N–H and O–H groups in total. The van der Waals surface area contributed by atoms with E-state index in [4.69, 9.17) is 30.2 Å². The molecule has 2 nitrogen and oxygen atoms in total. The summed E-state index contributed by atoms with van der Waals surface area (Å²) in [6.07, 6.45) is 0. The molecule has 0 spiro atoms. The van der Waals surface area contributed by atoms with Crippen molar-refractivity contribution in [2.24, 2.45) is 5.73 Å². The van der Waals surface area contributed by atoms with E-state index in [0.29, 0.717) is 4.99 Å². The van der Waals surface area contributed by atoms with Crippen LogP contribution in [0.25, 0.3) is 0 Å². The molecule has 0 aromatic heterocycles. The van der Waals surface area contributed by atoms with E-state index in [9.17, 15) is 0 Å². The summed E-state index contributed by atoms with van der Waals surface area (Å²) in [6, 6.07) is 11.9. The van der Waals surface area contributed by atoms with Crippen molar-refractivity contribution < 1.29 is 0 Å². The largest absolute Gasteiger partial charge is 0.376 e. The standard InChI is InChI=1S/C16H14Br2N2S2/c1-9-3-6-14(10(2)7-9)20(16(19)22)15(21)12-8-11(17)4-5-13(12)18/h3-8H,1-2H3,(H2,19,22). The molecular weight excluding hydrogens is 444 g/mol. The van der Waals surface area contributed by atoms with Crippen LogP contribution in [0.4, 0.5) is 5.69 Å². The highest BCUT2D eigenvalue weighted by molar-refractivity contribution is 9.11. The van der Waals surface area contributed by atoms with Gasteiger partial charge in [-0.3, -0.25) is 4.90 Å². The summed E-state index contributed by atoms with van der Waals surface area (Å²) in [6.45, 7) is 4.07. The van der Waals surface area contributed by atoms with Gasteiger partial charge in [0.05, 0.1) is 5.69 Å². The van der Waals surface area contributed by atoms with Crippen molar-refractivity contribution in [2.75, 3.05) is 4.90 Å². The first-order valence-corrected chi connectivity index (χ1v) is 8.87. The van der Waals surface area contributed by atoms with Crippen LogP contribution in [0.2, 0.25) is 0 Å². The minimum Gasteiger partial charge on any atom is -0.376 e. The van der Waals surface area contributed by atoms with Crippen LogP contribution in [0, 0.1) is 13.8 Å². The zero-order valence-electron chi connectivity index (χ0n) is 12.1. The highest BCUT2D eigenvalue weighted by atomic mass is 79.9. The number of rotatable bonds is 2. The molecule has 2 rings (SSSR count). The molecule has 0 saturated carbocycles. The number of nitrogens with zero attached hydrogens (tertiary/aromatic N) is 1. The minimum absolute atomic E-state index is 0.226. The first-order chi connectivity index (χ1) is 10.3. The van der Waals surface area contributed by atoms with Crippen molar-refractivity contribution in [3.8, 4) is 0 Å². The molecule has 22 heavy (non-hydrogen) atoms. The van der Waals surface area contributed by atoms with Crippen molar-refractivity contribution in [2.45, 2.75) is 13.8 Å². The van der Waals surface area contributed by atoms with E-state index in [2.05, 4.69) is 37.9 Å². The third-order valence-corrected chi connectivity index (χ3v) is 4.95. The van der Waals surface area contributed by atoms with Gasteiger partial charge < -0.3 is 5.73 Å². The van der Waals surface area contributed by atoms with Gasteiger partial charge in [0, 0.05) is 14.5 Å². The Balaban J connectivity index is 2.55. The average molecular weight is 458 g/mol. The van der Waals surface area contributed by atoms with Crippen LogP contribution in [0.15, 0.2) is 45.3 Å². The second-order valence-corrected chi connectivity index (χ2v) is 7.47. The van der Waals surface area contributed by atoms with Gasteiger partial charge in [-0.1, -0.05) is 61.8 Å². The van der Waals surface area contributed by atoms with Crippen LogP contribution in [0.5, 0.6) is 0 Å². The van der Waals surface area contributed by atoms with Gasteiger partial charge in [-0.05, 0) is 55.9 Å². The number of aryl methyl sites for hydroxylation is 2. The van der Waals surface area contributed by atoms with Crippen LogP contribution in [-0.4, -0.2) is 10.1 Å². The molecule has 0 bridgehead atoms. The Morgan fingerprint density at radius 3 is 2.32 bits per heavy atom. The average Bonchev–Trinajstić information content (AvgIpc) is 2.43. The lowest BCUT2D eigenvalue weighted by Crippen LogP contribution is -2.40. The van der Waals surface area contributed by atoms with Crippen molar-refractivity contribution in [3.63, 3.8) is 0 Å². The minimum atomic E-state index is 0.226. The number of halogens is 2. The molecule has 0 aliphatic rings. The fourth-order valence-corrected chi connectivity index (χ4v) is 3.71. The number of nitrogens with two attached hydrogens (primary N) is 1. The molecule has 0 fully saturated rings. The summed E-state index contributed by atoms with van der Waals surface area (Å²) >= 11 is 17.9. The molecule has 6 heteroatoms. The van der Waals surface area contributed by atoms with E-state index in [1.165, 1.54) is 5.56 Å². The molecule has 2 aromatic carbocycles. The van der Waals surface area contributed by atoms with Gasteiger partial charge in [0.25, 0.3) is 0 Å². The van der Waals surface area contributed by atoms with Crippen molar-refractivity contribution in [3.05, 3.63) is 62.0 Å². The second-order valence-electron chi connectivity index (χ2n) is 4.89. The van der Waals surface area contributed by atoms with E-state index >= 15 is 0 Å². The van der Waals surface area contributed by atoms with E-state index in [1.807, 2.05) is 44.2 Å². The maximum atomic E-state index is 5.94. The van der Waals surface area contributed by atoms with Gasteiger partial charge in [-0.15, -0.1) is 0 Å². The highest BCUT2D eigenvalue weighted by Crippen LogP contribution is 2.28. The summed E-state index contributed by atoms with van der Waals surface area (Å²) in [5, 5.41) is 0.226. The van der Waals surface area contributed by atoms with Crippen molar-refractivity contribution in [1.82, 2.24) is 0 Å². The lowest BCUT2D eigenvalue weighted by molar-refractivity contribution is 1.32. The van der Waals surface area contributed by atoms with E-state index in [-0.39, 0.29) is 5.11 Å². The third kappa shape index (κ3) is 3.74. The molecule has 2 aromatic rings. The van der Waals surface area contributed by atoms with Crippen LogP contribution < -0.4 is 10.6 Å². The topological polar surface area (TPSA) is 29.3 Å². The summed E-state index contributed by atoms with van der Waals surface area (Å²) in [4.78, 5) is 2.29. The van der Waals surface area contributed by atoms with Crippen molar-refractivity contribution in [1.29, 1.82) is 0 Å². The van der Waals surface area contributed by atoms with Gasteiger partial charge in [-0.2, -0.15) is 0 Å². The molecule has 0 aliphatic heterocycles. The second kappa shape index (κ2) is 7.17. The first kappa shape index (κ1) is 17.5.